The molecule has 2 aliphatic rings. The maximum atomic E-state index is 13.7. The van der Waals surface area contributed by atoms with Gasteiger partial charge in [0.2, 0.25) is 0 Å². The molecule has 6 heteroatoms. The zero-order valence-corrected chi connectivity index (χ0v) is 19.6. The normalized spacial score (nSPS) is 19.2. The quantitative estimate of drug-likeness (QED) is 0.514. The Bertz CT molecular complexity index is 1250. The van der Waals surface area contributed by atoms with Crippen LogP contribution in [0.15, 0.2) is 78.0 Å². The summed E-state index contributed by atoms with van der Waals surface area (Å²) in [5.41, 5.74) is 5.71. The van der Waals surface area contributed by atoms with Crippen LogP contribution in [0.3, 0.4) is 0 Å². The molecule has 0 amide bonds. The van der Waals surface area contributed by atoms with E-state index in [9.17, 15) is 4.79 Å². The third-order valence-corrected chi connectivity index (χ3v) is 6.64. The number of ether oxygens (including phenoxy) is 3. The van der Waals surface area contributed by atoms with Crippen molar-refractivity contribution in [2.75, 3.05) is 32.0 Å². The Morgan fingerprint density at radius 2 is 1.47 bits per heavy atom. The Kier molecular flexibility index (Phi) is 5.88. The third-order valence-electron chi connectivity index (χ3n) is 6.64. The highest BCUT2D eigenvalue weighted by molar-refractivity contribution is 6.01. The minimum atomic E-state index is -0.310. The minimum absolute atomic E-state index is 0.0981. The van der Waals surface area contributed by atoms with Gasteiger partial charge in [-0.3, -0.25) is 4.79 Å². The van der Waals surface area contributed by atoms with Crippen molar-refractivity contribution in [1.29, 1.82) is 0 Å². The van der Waals surface area contributed by atoms with Crippen LogP contribution in [0, 0.1) is 0 Å². The fourth-order valence-corrected chi connectivity index (χ4v) is 4.89. The molecule has 0 aromatic heterocycles. The van der Waals surface area contributed by atoms with E-state index >= 15 is 0 Å². The van der Waals surface area contributed by atoms with E-state index in [0.717, 1.165) is 45.9 Å². The number of hydrogen-bond acceptors (Lipinski definition) is 6. The van der Waals surface area contributed by atoms with E-state index in [1.807, 2.05) is 54.6 Å². The van der Waals surface area contributed by atoms with Crippen molar-refractivity contribution in [2.24, 2.45) is 0 Å². The zero-order chi connectivity index (χ0) is 23.7. The lowest BCUT2D eigenvalue weighted by Crippen LogP contribution is -2.26. The number of methoxy groups -OCH3 is 3. The molecule has 0 spiro atoms. The second-order valence-electron chi connectivity index (χ2n) is 8.56. The van der Waals surface area contributed by atoms with Gasteiger partial charge in [0.25, 0.3) is 0 Å². The van der Waals surface area contributed by atoms with Gasteiger partial charge in [0.15, 0.2) is 17.3 Å². The van der Waals surface area contributed by atoms with Gasteiger partial charge in [-0.2, -0.15) is 0 Å². The molecule has 0 radical (unpaired) electrons. The van der Waals surface area contributed by atoms with E-state index in [2.05, 4.69) is 22.8 Å². The van der Waals surface area contributed by atoms with Crippen LogP contribution in [0.2, 0.25) is 0 Å². The molecule has 0 saturated carbocycles. The van der Waals surface area contributed by atoms with Crippen LogP contribution in [0.1, 0.15) is 35.9 Å². The molecule has 1 aliphatic heterocycles. The number of hydrogen-bond donors (Lipinski definition) is 2. The molecule has 3 aromatic rings. The number of rotatable bonds is 5. The Hall–Kier alpha value is -3.93. The molecule has 2 atom stereocenters. The fraction of sp³-hybridized carbons (Fsp3) is 0.250. The van der Waals surface area contributed by atoms with E-state index in [1.54, 1.807) is 21.3 Å². The highest BCUT2D eigenvalue weighted by Crippen LogP contribution is 2.45. The van der Waals surface area contributed by atoms with Gasteiger partial charge in [0.1, 0.15) is 5.75 Å². The lowest BCUT2D eigenvalue weighted by Gasteiger charge is -2.30. The number of benzene rings is 3. The highest BCUT2D eigenvalue weighted by atomic mass is 16.5. The van der Waals surface area contributed by atoms with Crippen molar-refractivity contribution in [3.8, 4) is 17.2 Å². The van der Waals surface area contributed by atoms with Gasteiger partial charge in [-0.25, -0.2) is 0 Å². The summed E-state index contributed by atoms with van der Waals surface area (Å²) in [6, 6.07) is 21.6. The second kappa shape index (κ2) is 9.14. The average Bonchev–Trinajstić information content (AvgIpc) is 3.05. The monoisotopic (exact) mass is 456 g/mol. The Labute approximate surface area is 199 Å². The molecule has 174 valence electrons. The van der Waals surface area contributed by atoms with Gasteiger partial charge >= 0.3 is 0 Å². The maximum absolute atomic E-state index is 13.7. The van der Waals surface area contributed by atoms with Crippen LogP contribution in [0.5, 0.6) is 17.2 Å². The number of carbonyl (C=O) groups is 1. The number of Topliss-reactive ketones (excluding diaryl/α,β-unsaturated/α-hetero) is 1. The average molecular weight is 457 g/mol. The zero-order valence-electron chi connectivity index (χ0n) is 19.6. The molecule has 2 unspecified atom stereocenters. The number of fused-ring (bicyclic) bond motifs is 1. The first-order chi connectivity index (χ1) is 16.6. The van der Waals surface area contributed by atoms with Crippen molar-refractivity contribution in [2.45, 2.75) is 24.8 Å². The number of allylic oxidation sites excluding steroid dienone is 1. The molecule has 0 saturated heterocycles. The lowest BCUT2D eigenvalue weighted by atomic mass is 9.78. The molecule has 1 heterocycles. The van der Waals surface area contributed by atoms with Crippen LogP contribution >= 0.6 is 0 Å². The Morgan fingerprint density at radius 1 is 0.765 bits per heavy atom. The number of para-hydroxylation sites is 2. The minimum Gasteiger partial charge on any atom is -0.497 e. The standard InChI is InChI=1S/C28H28N2O4/c1-32-20-11-8-17(9-12-20)19-14-23-27(24(31)15-19)28(30-22-7-5-4-6-21(22)29-23)18-10-13-25(33-2)26(16-18)34-3/h4-13,16,19,28-30H,14-15H2,1-3H3. The van der Waals surface area contributed by atoms with Gasteiger partial charge in [-0.1, -0.05) is 30.3 Å². The lowest BCUT2D eigenvalue weighted by molar-refractivity contribution is -0.116. The topological polar surface area (TPSA) is 68.8 Å². The van der Waals surface area contributed by atoms with Gasteiger partial charge < -0.3 is 24.8 Å². The van der Waals surface area contributed by atoms with E-state index in [-0.39, 0.29) is 17.7 Å². The van der Waals surface area contributed by atoms with Gasteiger partial charge in [-0.05, 0) is 59.9 Å². The van der Waals surface area contributed by atoms with Crippen molar-refractivity contribution >= 4 is 17.2 Å². The van der Waals surface area contributed by atoms with Crippen molar-refractivity contribution in [3.05, 3.63) is 89.1 Å². The van der Waals surface area contributed by atoms with Crippen molar-refractivity contribution in [3.63, 3.8) is 0 Å². The highest BCUT2D eigenvalue weighted by Gasteiger charge is 2.36. The Morgan fingerprint density at radius 3 is 2.18 bits per heavy atom. The van der Waals surface area contributed by atoms with E-state index < -0.39 is 0 Å². The Balaban J connectivity index is 1.58. The van der Waals surface area contributed by atoms with Crippen LogP contribution in [-0.4, -0.2) is 27.1 Å². The van der Waals surface area contributed by atoms with E-state index in [0.29, 0.717) is 17.9 Å². The van der Waals surface area contributed by atoms with Crippen LogP contribution in [-0.2, 0) is 4.79 Å². The summed E-state index contributed by atoms with van der Waals surface area (Å²) >= 11 is 0. The summed E-state index contributed by atoms with van der Waals surface area (Å²) < 4.78 is 16.3. The number of carbonyl (C=O) groups excluding carboxylic acids is 1. The summed E-state index contributed by atoms with van der Waals surface area (Å²) in [5, 5.41) is 7.19. The van der Waals surface area contributed by atoms with E-state index in [4.69, 9.17) is 14.2 Å². The molecule has 1 aliphatic carbocycles. The molecule has 0 bridgehead atoms. The smallest absolute Gasteiger partial charge is 0.163 e. The number of anilines is 2. The predicted molar refractivity (Wildman–Crippen MR) is 133 cm³/mol. The van der Waals surface area contributed by atoms with Crippen LogP contribution in [0.25, 0.3) is 0 Å². The predicted octanol–water partition coefficient (Wildman–Crippen LogP) is 5.69. The molecule has 5 rings (SSSR count). The van der Waals surface area contributed by atoms with Gasteiger partial charge in [0.05, 0.1) is 38.7 Å². The molecular formula is C28H28N2O4. The van der Waals surface area contributed by atoms with Crippen LogP contribution in [0.4, 0.5) is 11.4 Å². The molecule has 2 N–H and O–H groups in total. The van der Waals surface area contributed by atoms with Crippen molar-refractivity contribution < 1.29 is 19.0 Å². The molecule has 6 nitrogen and oxygen atoms in total. The summed E-state index contributed by atoms with van der Waals surface area (Å²) in [6.07, 6.45) is 1.20. The summed E-state index contributed by atoms with van der Waals surface area (Å²) in [5.74, 6) is 2.33. The van der Waals surface area contributed by atoms with Gasteiger partial charge in [-0.15, -0.1) is 0 Å². The first kappa shape index (κ1) is 21.9. The van der Waals surface area contributed by atoms with Crippen LogP contribution < -0.4 is 24.8 Å². The summed E-state index contributed by atoms with van der Waals surface area (Å²) in [6.45, 7) is 0. The van der Waals surface area contributed by atoms with E-state index in [1.165, 1.54) is 0 Å². The SMILES string of the molecule is COc1ccc(C2CC(=O)C3=C(C2)Nc2ccccc2NC3c2ccc(OC)c(OC)c2)cc1. The molecule has 34 heavy (non-hydrogen) atoms. The third kappa shape index (κ3) is 3.96. The summed E-state index contributed by atoms with van der Waals surface area (Å²) in [4.78, 5) is 13.7. The fourth-order valence-electron chi connectivity index (χ4n) is 4.89. The molecular weight excluding hydrogens is 428 g/mol. The molecule has 3 aromatic carbocycles. The number of ketones is 1. The largest absolute Gasteiger partial charge is 0.497 e. The first-order valence-electron chi connectivity index (χ1n) is 11.4. The number of nitrogens with one attached hydrogen (secondary N) is 2. The van der Waals surface area contributed by atoms with Gasteiger partial charge in [0, 0.05) is 17.7 Å². The second-order valence-corrected chi connectivity index (χ2v) is 8.56. The van der Waals surface area contributed by atoms with Crippen molar-refractivity contribution in [1.82, 2.24) is 0 Å². The maximum Gasteiger partial charge on any atom is 0.163 e. The first-order valence-corrected chi connectivity index (χ1v) is 11.4. The summed E-state index contributed by atoms with van der Waals surface area (Å²) in [7, 11) is 4.89. The molecule has 0 fully saturated rings.